The molecule has 0 spiro atoms. The van der Waals surface area contributed by atoms with Crippen molar-refractivity contribution >= 4 is 45.3 Å². The van der Waals surface area contributed by atoms with Crippen LogP contribution in [0.25, 0.3) is 0 Å². The van der Waals surface area contributed by atoms with Crippen molar-refractivity contribution in [2.24, 2.45) is 5.73 Å². The summed E-state index contributed by atoms with van der Waals surface area (Å²) < 4.78 is 31.1. The number of hydrogen-bond acceptors (Lipinski definition) is 7. The molecular formula is C10H9ClN6O4S. The van der Waals surface area contributed by atoms with Gasteiger partial charge in [0.25, 0.3) is 10.1 Å². The number of nitrogens with two attached hydrogens (primary N) is 1. The van der Waals surface area contributed by atoms with Crippen LogP contribution in [0.2, 0.25) is 5.28 Å². The van der Waals surface area contributed by atoms with Gasteiger partial charge in [-0.2, -0.15) is 23.4 Å². The van der Waals surface area contributed by atoms with Crippen LogP contribution in [0.5, 0.6) is 0 Å². The summed E-state index contributed by atoms with van der Waals surface area (Å²) in [7, 11) is -4.34. The van der Waals surface area contributed by atoms with E-state index < -0.39 is 16.1 Å². The standard InChI is InChI=1S/C10H9ClN6O4S/c11-7-14-9(17-10(15-7)16-8(12)18)13-5-2-1-3-6(4-5)22(19,20)21/h1-4H,(H,19,20,21)(H4,12,13,14,15,16,17,18). The molecule has 1 aromatic carbocycles. The zero-order valence-corrected chi connectivity index (χ0v) is 12.3. The van der Waals surface area contributed by atoms with Crippen molar-refractivity contribution in [1.29, 1.82) is 0 Å². The third-order valence-corrected chi connectivity index (χ3v) is 3.25. The van der Waals surface area contributed by atoms with Gasteiger partial charge in [-0.05, 0) is 29.8 Å². The highest BCUT2D eigenvalue weighted by Gasteiger charge is 2.11. The van der Waals surface area contributed by atoms with Gasteiger partial charge >= 0.3 is 6.03 Å². The second-order valence-corrected chi connectivity index (χ2v) is 5.63. The number of urea groups is 1. The highest BCUT2D eigenvalue weighted by atomic mass is 35.5. The summed E-state index contributed by atoms with van der Waals surface area (Å²) in [6.45, 7) is 0. The van der Waals surface area contributed by atoms with Crippen LogP contribution in [0.3, 0.4) is 0 Å². The smallest absolute Gasteiger partial charge is 0.319 e. The van der Waals surface area contributed by atoms with Gasteiger partial charge in [-0.3, -0.25) is 9.87 Å². The maximum Gasteiger partial charge on any atom is 0.319 e. The van der Waals surface area contributed by atoms with Crippen LogP contribution in [-0.2, 0) is 10.1 Å². The summed E-state index contributed by atoms with van der Waals surface area (Å²) in [4.78, 5) is 21.6. The molecule has 0 unspecified atom stereocenters. The highest BCUT2D eigenvalue weighted by Crippen LogP contribution is 2.19. The largest absolute Gasteiger partial charge is 0.351 e. The van der Waals surface area contributed by atoms with Crippen LogP contribution in [0.1, 0.15) is 0 Å². The van der Waals surface area contributed by atoms with Gasteiger partial charge in [0.05, 0.1) is 4.90 Å². The molecule has 0 saturated carbocycles. The SMILES string of the molecule is NC(=O)Nc1nc(Cl)nc(Nc2cccc(S(=O)(=O)O)c2)n1. The number of nitrogens with one attached hydrogen (secondary N) is 2. The number of anilines is 3. The third kappa shape index (κ3) is 4.25. The molecule has 116 valence electrons. The first kappa shape index (κ1) is 15.9. The van der Waals surface area contributed by atoms with Gasteiger partial charge in [-0.15, -0.1) is 0 Å². The molecule has 0 bridgehead atoms. The van der Waals surface area contributed by atoms with Gasteiger partial charge in [-0.25, -0.2) is 4.79 Å². The molecule has 12 heteroatoms. The molecule has 1 heterocycles. The van der Waals surface area contributed by atoms with E-state index in [0.717, 1.165) is 6.07 Å². The van der Waals surface area contributed by atoms with Gasteiger partial charge in [0.2, 0.25) is 17.2 Å². The van der Waals surface area contributed by atoms with Crippen molar-refractivity contribution in [2.75, 3.05) is 10.6 Å². The van der Waals surface area contributed by atoms with Crippen molar-refractivity contribution in [2.45, 2.75) is 4.90 Å². The predicted octanol–water partition coefficient (Wildman–Crippen LogP) is 1.01. The number of primary amides is 1. The molecule has 22 heavy (non-hydrogen) atoms. The lowest BCUT2D eigenvalue weighted by molar-refractivity contribution is 0.259. The van der Waals surface area contributed by atoms with Crippen molar-refractivity contribution in [3.63, 3.8) is 0 Å². The van der Waals surface area contributed by atoms with E-state index in [4.69, 9.17) is 21.9 Å². The summed E-state index contributed by atoms with van der Waals surface area (Å²) in [5.74, 6) is -0.239. The molecule has 10 nitrogen and oxygen atoms in total. The van der Waals surface area contributed by atoms with E-state index in [2.05, 4.69) is 25.6 Å². The number of hydrogen-bond donors (Lipinski definition) is 4. The van der Waals surface area contributed by atoms with Crippen LogP contribution in [0.4, 0.5) is 22.4 Å². The molecule has 0 atom stereocenters. The molecule has 0 saturated heterocycles. The Bertz CT molecular complexity index is 828. The quantitative estimate of drug-likeness (QED) is 0.597. The average Bonchev–Trinajstić information content (AvgIpc) is 2.36. The zero-order valence-electron chi connectivity index (χ0n) is 10.7. The van der Waals surface area contributed by atoms with Crippen LogP contribution in [0.15, 0.2) is 29.2 Å². The van der Waals surface area contributed by atoms with E-state index in [-0.39, 0.29) is 27.8 Å². The molecule has 2 amide bonds. The first-order chi connectivity index (χ1) is 10.2. The van der Waals surface area contributed by atoms with Crippen LogP contribution >= 0.6 is 11.6 Å². The monoisotopic (exact) mass is 344 g/mol. The molecule has 5 N–H and O–H groups in total. The Kier molecular flexibility index (Phi) is 4.40. The Hall–Kier alpha value is -2.50. The first-order valence-corrected chi connectivity index (χ1v) is 7.38. The van der Waals surface area contributed by atoms with Crippen LogP contribution in [-0.4, -0.2) is 34.0 Å². The molecule has 0 aliphatic carbocycles. The molecule has 0 aliphatic heterocycles. The summed E-state index contributed by atoms with van der Waals surface area (Å²) in [6, 6.07) is 4.39. The normalized spacial score (nSPS) is 11.0. The number of halogens is 1. The lowest BCUT2D eigenvalue weighted by Gasteiger charge is -2.07. The maximum absolute atomic E-state index is 11.1. The summed E-state index contributed by atoms with van der Waals surface area (Å²) >= 11 is 5.67. The van der Waals surface area contributed by atoms with Crippen molar-refractivity contribution in [1.82, 2.24) is 15.0 Å². The van der Waals surface area contributed by atoms with Crippen molar-refractivity contribution < 1.29 is 17.8 Å². The number of rotatable bonds is 4. The summed E-state index contributed by atoms with van der Waals surface area (Å²) in [6.07, 6.45) is 0. The molecule has 0 radical (unpaired) electrons. The molecule has 0 aliphatic rings. The Balaban J connectivity index is 2.31. The van der Waals surface area contributed by atoms with Gasteiger partial charge in [0, 0.05) is 5.69 Å². The first-order valence-electron chi connectivity index (χ1n) is 5.56. The second kappa shape index (κ2) is 6.09. The van der Waals surface area contributed by atoms with Gasteiger partial charge in [0.15, 0.2) is 0 Å². The number of carbonyl (C=O) groups is 1. The lowest BCUT2D eigenvalue weighted by Crippen LogP contribution is -2.21. The number of amides is 2. The van der Waals surface area contributed by atoms with Gasteiger partial charge < -0.3 is 11.1 Å². The Morgan fingerprint density at radius 1 is 1.23 bits per heavy atom. The number of carbonyl (C=O) groups excluding carboxylic acids is 1. The minimum atomic E-state index is -4.34. The van der Waals surface area contributed by atoms with Crippen LogP contribution in [0, 0.1) is 0 Å². The lowest BCUT2D eigenvalue weighted by atomic mass is 10.3. The van der Waals surface area contributed by atoms with E-state index >= 15 is 0 Å². The van der Waals surface area contributed by atoms with Gasteiger partial charge in [-0.1, -0.05) is 6.07 Å². The van der Waals surface area contributed by atoms with E-state index in [9.17, 15) is 13.2 Å². The molecule has 2 aromatic rings. The Morgan fingerprint density at radius 3 is 2.55 bits per heavy atom. The summed E-state index contributed by atoms with van der Waals surface area (Å²) in [5, 5.41) is 4.56. The van der Waals surface area contributed by atoms with Crippen LogP contribution < -0.4 is 16.4 Å². The van der Waals surface area contributed by atoms with Gasteiger partial charge in [0.1, 0.15) is 0 Å². The van der Waals surface area contributed by atoms with Crippen molar-refractivity contribution in [3.8, 4) is 0 Å². The van der Waals surface area contributed by atoms with E-state index in [1.165, 1.54) is 18.2 Å². The number of nitrogens with zero attached hydrogens (tertiary/aromatic N) is 3. The fourth-order valence-electron chi connectivity index (χ4n) is 1.44. The highest BCUT2D eigenvalue weighted by molar-refractivity contribution is 7.85. The molecular weight excluding hydrogens is 336 g/mol. The van der Waals surface area contributed by atoms with E-state index in [1.807, 2.05) is 0 Å². The second-order valence-electron chi connectivity index (χ2n) is 3.87. The topological polar surface area (TPSA) is 160 Å². The number of benzene rings is 1. The predicted molar refractivity (Wildman–Crippen MR) is 77.6 cm³/mol. The Labute approximate surface area is 129 Å². The minimum absolute atomic E-state index is 0.0590. The van der Waals surface area contributed by atoms with E-state index in [0.29, 0.717) is 0 Å². The zero-order chi connectivity index (χ0) is 16.3. The molecule has 0 fully saturated rings. The third-order valence-electron chi connectivity index (χ3n) is 2.23. The Morgan fingerprint density at radius 2 is 1.91 bits per heavy atom. The maximum atomic E-state index is 11.1. The minimum Gasteiger partial charge on any atom is -0.351 e. The summed E-state index contributed by atoms with van der Waals surface area (Å²) in [5.41, 5.74) is 5.20. The fraction of sp³-hybridized carbons (Fsp3) is 0. The van der Waals surface area contributed by atoms with Crippen molar-refractivity contribution in [3.05, 3.63) is 29.5 Å². The number of aromatic nitrogens is 3. The average molecular weight is 345 g/mol. The van der Waals surface area contributed by atoms with E-state index in [1.54, 1.807) is 0 Å². The fourth-order valence-corrected chi connectivity index (χ4v) is 2.12. The molecule has 2 rings (SSSR count). The molecule has 1 aromatic heterocycles.